The zero-order valence-electron chi connectivity index (χ0n) is 10.7. The lowest BCUT2D eigenvalue weighted by Gasteiger charge is -2.26. The molecule has 0 aliphatic carbocycles. The van der Waals surface area contributed by atoms with Crippen molar-refractivity contribution >= 4 is 11.7 Å². The third kappa shape index (κ3) is 4.42. The molecular formula is C12H15F3N2O2. The molecule has 0 saturated carbocycles. The summed E-state index contributed by atoms with van der Waals surface area (Å²) in [5.41, 5.74) is 0.311. The first kappa shape index (κ1) is 15.3. The second-order valence-electron chi connectivity index (χ2n) is 4.18. The predicted octanol–water partition coefficient (Wildman–Crippen LogP) is 2.87. The Labute approximate surface area is 108 Å². The van der Waals surface area contributed by atoms with E-state index in [9.17, 15) is 18.0 Å². The summed E-state index contributed by atoms with van der Waals surface area (Å²) in [6.45, 7) is 2.29. The Bertz CT molecular complexity index is 461. The highest BCUT2D eigenvalue weighted by Gasteiger charge is 2.32. The van der Waals surface area contributed by atoms with E-state index >= 15 is 0 Å². The van der Waals surface area contributed by atoms with E-state index in [-0.39, 0.29) is 17.8 Å². The molecule has 0 bridgehead atoms. The maximum atomic E-state index is 12.5. The zero-order chi connectivity index (χ0) is 14.6. The van der Waals surface area contributed by atoms with Crippen molar-refractivity contribution < 1.29 is 23.1 Å². The quantitative estimate of drug-likeness (QED) is 0.898. The number of aromatic carboxylic acids is 1. The molecule has 0 radical (unpaired) electrons. The van der Waals surface area contributed by atoms with E-state index in [1.54, 1.807) is 13.8 Å². The summed E-state index contributed by atoms with van der Waals surface area (Å²) in [5.74, 6) is -1.29. The van der Waals surface area contributed by atoms with E-state index in [1.165, 1.54) is 6.07 Å². The van der Waals surface area contributed by atoms with Gasteiger partial charge in [0.05, 0.1) is 5.69 Å². The molecule has 0 atom stereocenters. The molecule has 0 aromatic carbocycles. The van der Waals surface area contributed by atoms with Crippen LogP contribution < -0.4 is 4.90 Å². The number of pyridine rings is 1. The van der Waals surface area contributed by atoms with E-state index in [4.69, 9.17) is 5.11 Å². The van der Waals surface area contributed by atoms with Crippen LogP contribution in [0.5, 0.6) is 0 Å². The third-order valence-corrected chi connectivity index (χ3v) is 2.45. The predicted molar refractivity (Wildman–Crippen MR) is 64.5 cm³/mol. The SMILES string of the molecule is CCCN(CC(F)(F)F)c1cc(C)ncc1C(=O)O. The van der Waals surface area contributed by atoms with Crippen LogP contribution in [0.1, 0.15) is 29.4 Å². The molecule has 19 heavy (non-hydrogen) atoms. The molecular weight excluding hydrogens is 261 g/mol. The zero-order valence-corrected chi connectivity index (χ0v) is 10.7. The van der Waals surface area contributed by atoms with Gasteiger partial charge in [0.1, 0.15) is 12.1 Å². The lowest BCUT2D eigenvalue weighted by atomic mass is 10.1. The molecule has 0 amide bonds. The number of carboxylic acids is 1. The van der Waals surface area contributed by atoms with Gasteiger partial charge in [0.25, 0.3) is 0 Å². The minimum Gasteiger partial charge on any atom is -0.478 e. The van der Waals surface area contributed by atoms with Crippen LogP contribution in [-0.4, -0.2) is 35.3 Å². The van der Waals surface area contributed by atoms with Gasteiger partial charge in [-0.2, -0.15) is 13.2 Å². The number of aryl methyl sites for hydroxylation is 1. The van der Waals surface area contributed by atoms with Crippen LogP contribution in [0.25, 0.3) is 0 Å². The van der Waals surface area contributed by atoms with Gasteiger partial charge in [0.2, 0.25) is 0 Å². The van der Waals surface area contributed by atoms with Crippen molar-refractivity contribution in [1.82, 2.24) is 4.98 Å². The van der Waals surface area contributed by atoms with Gasteiger partial charge in [-0.1, -0.05) is 6.92 Å². The molecule has 0 aliphatic rings. The van der Waals surface area contributed by atoms with Gasteiger partial charge in [0, 0.05) is 18.4 Å². The van der Waals surface area contributed by atoms with Crippen LogP contribution in [-0.2, 0) is 0 Å². The lowest BCUT2D eigenvalue weighted by Crippen LogP contribution is -2.36. The minimum atomic E-state index is -4.39. The van der Waals surface area contributed by atoms with Crippen molar-refractivity contribution in [1.29, 1.82) is 0 Å². The average Bonchev–Trinajstić information content (AvgIpc) is 2.26. The first-order chi connectivity index (χ1) is 8.74. The lowest BCUT2D eigenvalue weighted by molar-refractivity contribution is -0.119. The minimum absolute atomic E-state index is 0.0548. The van der Waals surface area contributed by atoms with Crippen molar-refractivity contribution in [2.45, 2.75) is 26.4 Å². The highest BCUT2D eigenvalue weighted by molar-refractivity contribution is 5.94. The number of aromatic nitrogens is 1. The fourth-order valence-electron chi connectivity index (χ4n) is 1.74. The monoisotopic (exact) mass is 276 g/mol. The molecule has 106 valence electrons. The van der Waals surface area contributed by atoms with Crippen LogP contribution in [0.4, 0.5) is 18.9 Å². The summed E-state index contributed by atoms with van der Waals surface area (Å²) in [7, 11) is 0. The van der Waals surface area contributed by atoms with Gasteiger partial charge in [-0.05, 0) is 19.4 Å². The Morgan fingerprint density at radius 2 is 2.11 bits per heavy atom. The van der Waals surface area contributed by atoms with Crippen LogP contribution in [0.3, 0.4) is 0 Å². The number of carbonyl (C=O) groups is 1. The average molecular weight is 276 g/mol. The Kier molecular flexibility index (Phi) is 4.74. The molecule has 0 saturated heterocycles. The number of alkyl halides is 3. The van der Waals surface area contributed by atoms with Gasteiger partial charge in [-0.3, -0.25) is 4.98 Å². The number of hydrogen-bond donors (Lipinski definition) is 1. The number of hydrogen-bond acceptors (Lipinski definition) is 3. The van der Waals surface area contributed by atoms with E-state index in [1.807, 2.05) is 0 Å². The van der Waals surface area contributed by atoms with Crippen molar-refractivity contribution in [3.8, 4) is 0 Å². The van der Waals surface area contributed by atoms with Gasteiger partial charge in [0.15, 0.2) is 0 Å². The van der Waals surface area contributed by atoms with E-state index in [0.29, 0.717) is 12.1 Å². The second kappa shape index (κ2) is 5.90. The Balaban J connectivity index is 3.20. The van der Waals surface area contributed by atoms with Crippen molar-refractivity contribution in [2.75, 3.05) is 18.0 Å². The van der Waals surface area contributed by atoms with Crippen LogP contribution in [0.2, 0.25) is 0 Å². The van der Waals surface area contributed by atoms with Gasteiger partial charge in [-0.15, -0.1) is 0 Å². The second-order valence-corrected chi connectivity index (χ2v) is 4.18. The topological polar surface area (TPSA) is 53.4 Å². The first-order valence-electron chi connectivity index (χ1n) is 5.76. The number of nitrogens with zero attached hydrogens (tertiary/aromatic N) is 2. The van der Waals surface area contributed by atoms with Gasteiger partial charge >= 0.3 is 12.1 Å². The molecule has 0 unspecified atom stereocenters. The number of halogens is 3. The maximum Gasteiger partial charge on any atom is 0.405 e. The van der Waals surface area contributed by atoms with Gasteiger partial charge in [-0.25, -0.2) is 4.79 Å². The summed E-state index contributed by atoms with van der Waals surface area (Å²) in [6.07, 6.45) is -2.81. The smallest absolute Gasteiger partial charge is 0.405 e. The van der Waals surface area contributed by atoms with Crippen molar-refractivity contribution in [3.63, 3.8) is 0 Å². The standard InChI is InChI=1S/C12H15F3N2O2/c1-3-4-17(7-12(13,14)15)10-5-8(2)16-6-9(10)11(18)19/h5-6H,3-4,7H2,1-2H3,(H,18,19). The molecule has 1 aromatic heterocycles. The summed E-state index contributed by atoms with van der Waals surface area (Å²) in [6, 6.07) is 1.37. The molecule has 1 aromatic rings. The number of anilines is 1. The highest BCUT2D eigenvalue weighted by atomic mass is 19.4. The van der Waals surface area contributed by atoms with Crippen LogP contribution in [0.15, 0.2) is 12.3 Å². The van der Waals surface area contributed by atoms with Crippen LogP contribution in [0, 0.1) is 6.92 Å². The maximum absolute atomic E-state index is 12.5. The van der Waals surface area contributed by atoms with Crippen molar-refractivity contribution in [3.05, 3.63) is 23.5 Å². The number of rotatable bonds is 5. The first-order valence-corrected chi connectivity index (χ1v) is 5.76. The normalized spacial score (nSPS) is 11.4. The van der Waals surface area contributed by atoms with E-state index < -0.39 is 18.7 Å². The molecule has 1 rings (SSSR count). The molecule has 1 heterocycles. The highest BCUT2D eigenvalue weighted by Crippen LogP contribution is 2.26. The molecule has 1 N–H and O–H groups in total. The Morgan fingerprint density at radius 3 is 2.58 bits per heavy atom. The Hall–Kier alpha value is -1.79. The Morgan fingerprint density at radius 1 is 1.47 bits per heavy atom. The largest absolute Gasteiger partial charge is 0.478 e. The summed E-state index contributed by atoms with van der Waals surface area (Å²) >= 11 is 0. The molecule has 0 aliphatic heterocycles. The van der Waals surface area contributed by atoms with E-state index in [0.717, 1.165) is 11.1 Å². The summed E-state index contributed by atoms with van der Waals surface area (Å²) < 4.78 is 37.6. The molecule has 7 heteroatoms. The number of carboxylic acid groups (broad SMARTS) is 1. The third-order valence-electron chi connectivity index (χ3n) is 2.45. The van der Waals surface area contributed by atoms with Crippen LogP contribution >= 0.6 is 0 Å². The molecule has 0 spiro atoms. The molecule has 0 fully saturated rings. The summed E-state index contributed by atoms with van der Waals surface area (Å²) in [4.78, 5) is 15.9. The summed E-state index contributed by atoms with van der Waals surface area (Å²) in [5, 5.41) is 9.02. The fraction of sp³-hybridized carbons (Fsp3) is 0.500. The van der Waals surface area contributed by atoms with Gasteiger partial charge < -0.3 is 10.0 Å². The van der Waals surface area contributed by atoms with E-state index in [2.05, 4.69) is 4.98 Å². The fourth-order valence-corrected chi connectivity index (χ4v) is 1.74. The van der Waals surface area contributed by atoms with Crippen molar-refractivity contribution in [2.24, 2.45) is 0 Å². The molecule has 4 nitrogen and oxygen atoms in total.